The molecular weight excluding hydrogens is 316 g/mol. The van der Waals surface area contributed by atoms with E-state index in [1.54, 1.807) is 0 Å². The molecule has 1 aromatic carbocycles. The second-order valence-electron chi connectivity index (χ2n) is 6.05. The maximum atomic E-state index is 8.96. The third-order valence-electron chi connectivity index (χ3n) is 3.34. The normalized spacial score (nSPS) is 11.9. The molecule has 0 bridgehead atoms. The van der Waals surface area contributed by atoms with Crippen LogP contribution in [0.1, 0.15) is 37.7 Å². The fourth-order valence-electron chi connectivity index (χ4n) is 2.15. The van der Waals surface area contributed by atoms with E-state index >= 15 is 0 Å². The molecule has 0 radical (unpaired) electrons. The first-order chi connectivity index (χ1) is 9.34. The van der Waals surface area contributed by atoms with Gasteiger partial charge in [0.15, 0.2) is 0 Å². The molecule has 0 fully saturated rings. The summed E-state index contributed by atoms with van der Waals surface area (Å²) in [7, 11) is 0. The van der Waals surface area contributed by atoms with Crippen LogP contribution in [0.25, 0.3) is 5.69 Å². The Kier molecular flexibility index (Phi) is 4.35. The molecular formula is C16H21BrN2O. The smallest absolute Gasteiger partial charge is 0.0827 e. The third-order valence-corrected chi connectivity index (χ3v) is 4.28. The number of aliphatic hydroxyl groups is 1. The lowest BCUT2D eigenvalue weighted by Gasteiger charge is -2.15. The average Bonchev–Trinajstić information content (AvgIpc) is 2.68. The molecule has 0 amide bonds. The van der Waals surface area contributed by atoms with Crippen molar-refractivity contribution in [1.29, 1.82) is 0 Å². The van der Waals surface area contributed by atoms with Crippen molar-refractivity contribution in [2.24, 2.45) is 0 Å². The van der Waals surface area contributed by atoms with Crippen LogP contribution >= 0.6 is 15.9 Å². The van der Waals surface area contributed by atoms with E-state index < -0.39 is 0 Å². The molecule has 0 saturated carbocycles. The number of rotatable bonds is 3. The molecule has 0 aliphatic carbocycles. The molecule has 2 rings (SSSR count). The van der Waals surface area contributed by atoms with Gasteiger partial charge >= 0.3 is 0 Å². The minimum atomic E-state index is 0.00563. The third kappa shape index (κ3) is 2.96. The minimum Gasteiger partial charge on any atom is -0.396 e. The van der Waals surface area contributed by atoms with Crippen LogP contribution in [0.2, 0.25) is 0 Å². The van der Waals surface area contributed by atoms with Gasteiger partial charge in [0.2, 0.25) is 0 Å². The summed E-state index contributed by atoms with van der Waals surface area (Å²) in [6, 6.07) is 8.17. The van der Waals surface area contributed by atoms with Gasteiger partial charge in [0.05, 0.1) is 21.5 Å². The maximum absolute atomic E-state index is 8.96. The molecule has 2 aromatic rings. The number of hydrogen-bond donors (Lipinski definition) is 1. The summed E-state index contributed by atoms with van der Waals surface area (Å²) < 4.78 is 3.04. The van der Waals surface area contributed by atoms with Gasteiger partial charge in [0.1, 0.15) is 0 Å². The zero-order valence-corrected chi connectivity index (χ0v) is 14.0. The molecule has 20 heavy (non-hydrogen) atoms. The van der Waals surface area contributed by atoms with E-state index in [-0.39, 0.29) is 12.0 Å². The molecule has 1 aromatic heterocycles. The first-order valence-corrected chi connectivity index (χ1v) is 7.59. The van der Waals surface area contributed by atoms with Crippen molar-refractivity contribution in [1.82, 2.24) is 9.78 Å². The lowest BCUT2D eigenvalue weighted by Crippen LogP contribution is -2.13. The first-order valence-electron chi connectivity index (χ1n) is 6.80. The van der Waals surface area contributed by atoms with E-state index in [1.807, 2.05) is 28.9 Å². The van der Waals surface area contributed by atoms with Gasteiger partial charge in [-0.25, -0.2) is 4.68 Å². The summed E-state index contributed by atoms with van der Waals surface area (Å²) >= 11 is 3.66. The quantitative estimate of drug-likeness (QED) is 0.926. The van der Waals surface area contributed by atoms with E-state index in [0.717, 1.165) is 27.1 Å². The number of aromatic nitrogens is 2. The van der Waals surface area contributed by atoms with Crippen molar-refractivity contribution < 1.29 is 5.11 Å². The van der Waals surface area contributed by atoms with Crippen LogP contribution in [0.5, 0.6) is 0 Å². The van der Waals surface area contributed by atoms with Gasteiger partial charge in [-0.1, -0.05) is 32.9 Å². The summed E-state index contributed by atoms with van der Waals surface area (Å²) in [6.07, 6.45) is 0.690. The molecule has 0 saturated heterocycles. The fourth-order valence-corrected chi connectivity index (χ4v) is 2.99. The topological polar surface area (TPSA) is 38.0 Å². The summed E-state index contributed by atoms with van der Waals surface area (Å²) in [5, 5.41) is 13.7. The average molecular weight is 337 g/mol. The van der Waals surface area contributed by atoms with E-state index in [4.69, 9.17) is 10.2 Å². The molecule has 108 valence electrons. The molecule has 0 atom stereocenters. The van der Waals surface area contributed by atoms with E-state index in [2.05, 4.69) is 43.6 Å². The Morgan fingerprint density at radius 1 is 1.20 bits per heavy atom. The Labute approximate surface area is 128 Å². The fraction of sp³-hybridized carbons (Fsp3) is 0.438. The standard InChI is InChI=1S/C16H21BrN2O/c1-11-14(17)15(16(2,3)4)18-19(11)13-7-5-12(6-8-13)9-10-20/h5-8,20H,9-10H2,1-4H3. The van der Waals surface area contributed by atoms with Gasteiger partial charge in [-0.3, -0.25) is 0 Å². The SMILES string of the molecule is Cc1c(Br)c(C(C)(C)C)nn1-c1ccc(CCO)cc1. The molecule has 0 spiro atoms. The van der Waals surface area contributed by atoms with E-state index in [9.17, 15) is 0 Å². The van der Waals surface area contributed by atoms with Crippen LogP contribution in [-0.2, 0) is 11.8 Å². The number of nitrogens with zero attached hydrogens (tertiary/aromatic N) is 2. The lowest BCUT2D eigenvalue weighted by atomic mass is 9.92. The van der Waals surface area contributed by atoms with Crippen LogP contribution in [0.3, 0.4) is 0 Å². The number of aliphatic hydroxyl groups excluding tert-OH is 1. The Balaban J connectivity index is 2.43. The Morgan fingerprint density at radius 3 is 2.25 bits per heavy atom. The van der Waals surface area contributed by atoms with Crippen LogP contribution in [0, 0.1) is 6.92 Å². The van der Waals surface area contributed by atoms with Crippen LogP contribution in [0.15, 0.2) is 28.7 Å². The highest BCUT2D eigenvalue weighted by Crippen LogP contribution is 2.32. The molecule has 0 aliphatic rings. The maximum Gasteiger partial charge on any atom is 0.0827 e. The number of halogens is 1. The van der Waals surface area contributed by atoms with Crippen LogP contribution < -0.4 is 0 Å². The monoisotopic (exact) mass is 336 g/mol. The van der Waals surface area contributed by atoms with Gasteiger partial charge in [-0.05, 0) is 47.0 Å². The molecule has 1 N–H and O–H groups in total. The predicted octanol–water partition coefficient (Wildman–Crippen LogP) is 3.78. The van der Waals surface area contributed by atoms with E-state index in [0.29, 0.717) is 6.42 Å². The highest BCUT2D eigenvalue weighted by Gasteiger charge is 2.24. The van der Waals surface area contributed by atoms with Gasteiger partial charge in [0.25, 0.3) is 0 Å². The van der Waals surface area contributed by atoms with Crippen molar-refractivity contribution in [3.63, 3.8) is 0 Å². The highest BCUT2D eigenvalue weighted by atomic mass is 79.9. The summed E-state index contributed by atoms with van der Waals surface area (Å²) in [4.78, 5) is 0. The van der Waals surface area contributed by atoms with Crippen molar-refractivity contribution in [2.75, 3.05) is 6.61 Å². The number of hydrogen-bond acceptors (Lipinski definition) is 2. The first kappa shape index (κ1) is 15.3. The van der Waals surface area contributed by atoms with Gasteiger partial charge in [0, 0.05) is 12.0 Å². The minimum absolute atomic E-state index is 0.00563. The molecule has 1 heterocycles. The second-order valence-corrected chi connectivity index (χ2v) is 6.84. The van der Waals surface area contributed by atoms with Crippen molar-refractivity contribution in [3.8, 4) is 5.69 Å². The lowest BCUT2D eigenvalue weighted by molar-refractivity contribution is 0.299. The van der Waals surface area contributed by atoms with Crippen LogP contribution in [-0.4, -0.2) is 21.5 Å². The van der Waals surface area contributed by atoms with Gasteiger partial charge < -0.3 is 5.11 Å². The summed E-state index contributed by atoms with van der Waals surface area (Å²) in [5.74, 6) is 0. The zero-order valence-electron chi connectivity index (χ0n) is 12.4. The second kappa shape index (κ2) is 5.70. The Morgan fingerprint density at radius 2 is 1.80 bits per heavy atom. The van der Waals surface area contributed by atoms with Gasteiger partial charge in [-0.15, -0.1) is 0 Å². The van der Waals surface area contributed by atoms with Gasteiger partial charge in [-0.2, -0.15) is 5.10 Å². The van der Waals surface area contributed by atoms with Crippen molar-refractivity contribution in [2.45, 2.75) is 39.5 Å². The van der Waals surface area contributed by atoms with Crippen molar-refractivity contribution >= 4 is 15.9 Å². The van der Waals surface area contributed by atoms with Crippen LogP contribution in [0.4, 0.5) is 0 Å². The largest absolute Gasteiger partial charge is 0.396 e. The molecule has 4 heteroatoms. The predicted molar refractivity (Wildman–Crippen MR) is 85.5 cm³/mol. The summed E-state index contributed by atoms with van der Waals surface area (Å²) in [6.45, 7) is 8.73. The molecule has 0 unspecified atom stereocenters. The number of benzene rings is 1. The Bertz CT molecular complexity index is 594. The molecule has 3 nitrogen and oxygen atoms in total. The Hall–Kier alpha value is -1.13. The summed E-state index contributed by atoms with van der Waals surface area (Å²) in [5.41, 5.74) is 4.35. The zero-order chi connectivity index (χ0) is 14.9. The van der Waals surface area contributed by atoms with Crippen molar-refractivity contribution in [3.05, 3.63) is 45.7 Å². The van der Waals surface area contributed by atoms with E-state index in [1.165, 1.54) is 0 Å². The highest BCUT2D eigenvalue weighted by molar-refractivity contribution is 9.10. The molecule has 0 aliphatic heterocycles.